The second-order valence-electron chi connectivity index (χ2n) is 4.30. The molecule has 0 radical (unpaired) electrons. The molecule has 0 atom stereocenters. The molecule has 0 aliphatic carbocycles. The van der Waals surface area contributed by atoms with Gasteiger partial charge in [-0.25, -0.2) is 8.42 Å². The predicted octanol–water partition coefficient (Wildman–Crippen LogP) is 3.54. The van der Waals surface area contributed by atoms with Gasteiger partial charge in [0.15, 0.2) is 9.84 Å². The van der Waals surface area contributed by atoms with Gasteiger partial charge in [0, 0.05) is 9.50 Å². The van der Waals surface area contributed by atoms with Crippen molar-refractivity contribution in [3.05, 3.63) is 52.0 Å². The number of anilines is 1. The Bertz CT molecular complexity index is 732. The lowest BCUT2D eigenvalue weighted by molar-refractivity contribution is 0.341. The lowest BCUT2D eigenvalue weighted by atomic mass is 10.3. The Hall–Kier alpha value is -1.24. The van der Waals surface area contributed by atoms with Crippen molar-refractivity contribution in [3.63, 3.8) is 0 Å². The first kappa shape index (κ1) is 16.1. The number of nitrogens with two attached hydrogens (primary N) is 1. The lowest BCUT2D eigenvalue weighted by Crippen LogP contribution is -2.15. The Labute approximate surface area is 136 Å². The summed E-state index contributed by atoms with van der Waals surface area (Å²) in [5.41, 5.74) is 5.87. The zero-order chi connectivity index (χ0) is 15.5. The summed E-state index contributed by atoms with van der Waals surface area (Å²) < 4.78 is 30.8. The minimum absolute atomic E-state index is 0.0365. The highest BCUT2D eigenvalue weighted by Crippen LogP contribution is 2.24. The number of hydrogen-bond acceptors (Lipinski definition) is 4. The molecule has 112 valence electrons. The fraction of sp³-hybridized carbons (Fsp3) is 0.143. The summed E-state index contributed by atoms with van der Waals surface area (Å²) in [5, 5.41) is 0.330. The van der Waals surface area contributed by atoms with Gasteiger partial charge in [-0.15, -0.1) is 0 Å². The second-order valence-corrected chi connectivity index (χ2v) is 7.73. The summed E-state index contributed by atoms with van der Waals surface area (Å²) in [4.78, 5) is 0.0365. The van der Waals surface area contributed by atoms with Crippen LogP contribution in [0.1, 0.15) is 0 Å². The molecule has 2 N–H and O–H groups in total. The molecular weight excluding hydrogens is 378 g/mol. The number of hydrogen-bond donors (Lipinski definition) is 1. The number of nitrogen functional groups attached to an aromatic ring is 1. The van der Waals surface area contributed by atoms with E-state index < -0.39 is 9.84 Å². The van der Waals surface area contributed by atoms with Gasteiger partial charge in [-0.2, -0.15) is 0 Å². The van der Waals surface area contributed by atoms with Crippen LogP contribution in [0.25, 0.3) is 0 Å². The van der Waals surface area contributed by atoms with Gasteiger partial charge in [0.1, 0.15) is 12.4 Å². The summed E-state index contributed by atoms with van der Waals surface area (Å²) in [5.74, 6) is 0.431. The largest absolute Gasteiger partial charge is 0.493 e. The van der Waals surface area contributed by atoms with E-state index in [1.807, 2.05) is 12.1 Å². The van der Waals surface area contributed by atoms with Gasteiger partial charge in [0.25, 0.3) is 0 Å². The van der Waals surface area contributed by atoms with Crippen LogP contribution < -0.4 is 10.5 Å². The van der Waals surface area contributed by atoms with E-state index in [4.69, 9.17) is 22.1 Å². The molecule has 0 aliphatic heterocycles. The highest BCUT2D eigenvalue weighted by Gasteiger charge is 2.18. The predicted molar refractivity (Wildman–Crippen MR) is 87.6 cm³/mol. The van der Waals surface area contributed by atoms with Crippen LogP contribution in [-0.2, 0) is 9.84 Å². The van der Waals surface area contributed by atoms with E-state index in [1.165, 1.54) is 12.1 Å². The normalized spacial score (nSPS) is 11.3. The Morgan fingerprint density at radius 1 is 1.14 bits per heavy atom. The summed E-state index contributed by atoms with van der Waals surface area (Å²) in [7, 11) is -3.54. The van der Waals surface area contributed by atoms with Crippen molar-refractivity contribution in [3.8, 4) is 5.75 Å². The molecule has 0 heterocycles. The molecule has 0 saturated heterocycles. The third-order valence-electron chi connectivity index (χ3n) is 2.75. The smallest absolute Gasteiger partial charge is 0.183 e. The fourth-order valence-corrected chi connectivity index (χ4v) is 3.45. The minimum Gasteiger partial charge on any atom is -0.493 e. The van der Waals surface area contributed by atoms with E-state index in [0.717, 1.165) is 4.47 Å². The molecule has 2 aromatic rings. The standard InChI is InChI=1S/C14H13BrClNO3S/c15-10-1-4-12(5-2-10)20-7-8-21(18,19)14-9-11(16)3-6-13(14)17/h1-6,9H,7-8,17H2. The van der Waals surface area contributed by atoms with Crippen molar-refractivity contribution in [2.45, 2.75) is 4.90 Å². The van der Waals surface area contributed by atoms with Crippen molar-refractivity contribution in [1.29, 1.82) is 0 Å². The van der Waals surface area contributed by atoms with Crippen LogP contribution in [0.2, 0.25) is 5.02 Å². The molecule has 2 aromatic carbocycles. The van der Waals surface area contributed by atoms with E-state index in [9.17, 15) is 8.42 Å². The van der Waals surface area contributed by atoms with E-state index in [2.05, 4.69) is 15.9 Å². The van der Waals surface area contributed by atoms with Crippen LogP contribution in [0.5, 0.6) is 5.75 Å². The lowest BCUT2D eigenvalue weighted by Gasteiger charge is -2.09. The van der Waals surface area contributed by atoms with Crippen LogP contribution in [0.4, 0.5) is 5.69 Å². The van der Waals surface area contributed by atoms with Gasteiger partial charge in [-0.05, 0) is 42.5 Å². The van der Waals surface area contributed by atoms with Crippen molar-refractivity contribution < 1.29 is 13.2 Å². The molecule has 0 aromatic heterocycles. The van der Waals surface area contributed by atoms with Gasteiger partial charge < -0.3 is 10.5 Å². The summed E-state index contributed by atoms with van der Waals surface area (Å²) in [6, 6.07) is 11.5. The topological polar surface area (TPSA) is 69.4 Å². The van der Waals surface area contributed by atoms with Crippen molar-refractivity contribution >= 4 is 43.1 Å². The molecular formula is C14H13BrClNO3S. The van der Waals surface area contributed by atoms with Crippen molar-refractivity contribution in [2.24, 2.45) is 0 Å². The number of ether oxygens (including phenoxy) is 1. The van der Waals surface area contributed by atoms with E-state index in [0.29, 0.717) is 10.8 Å². The summed E-state index contributed by atoms with van der Waals surface area (Å²) in [6.07, 6.45) is 0. The minimum atomic E-state index is -3.54. The van der Waals surface area contributed by atoms with Crippen molar-refractivity contribution in [2.75, 3.05) is 18.1 Å². The molecule has 0 aliphatic rings. The third kappa shape index (κ3) is 4.36. The van der Waals surface area contributed by atoms with Gasteiger partial charge in [-0.3, -0.25) is 0 Å². The molecule has 0 unspecified atom stereocenters. The molecule has 2 rings (SSSR count). The maximum atomic E-state index is 12.2. The monoisotopic (exact) mass is 389 g/mol. The number of rotatable bonds is 5. The number of benzene rings is 2. The maximum absolute atomic E-state index is 12.2. The molecule has 0 spiro atoms. The fourth-order valence-electron chi connectivity index (χ4n) is 1.69. The van der Waals surface area contributed by atoms with Gasteiger partial charge >= 0.3 is 0 Å². The molecule has 0 fully saturated rings. The zero-order valence-electron chi connectivity index (χ0n) is 10.9. The number of sulfone groups is 1. The summed E-state index contributed by atoms with van der Waals surface area (Å²) >= 11 is 9.12. The van der Waals surface area contributed by atoms with E-state index >= 15 is 0 Å². The Balaban J connectivity index is 2.04. The first-order chi connectivity index (χ1) is 9.88. The first-order valence-corrected chi connectivity index (χ1v) is 8.87. The zero-order valence-corrected chi connectivity index (χ0v) is 14.1. The maximum Gasteiger partial charge on any atom is 0.183 e. The molecule has 21 heavy (non-hydrogen) atoms. The highest BCUT2D eigenvalue weighted by molar-refractivity contribution is 9.10. The van der Waals surface area contributed by atoms with Gasteiger partial charge in [0.05, 0.1) is 16.3 Å². The summed E-state index contributed by atoms with van der Waals surface area (Å²) in [6.45, 7) is 0.0376. The Morgan fingerprint density at radius 2 is 1.81 bits per heavy atom. The van der Waals surface area contributed by atoms with Crippen LogP contribution in [-0.4, -0.2) is 20.8 Å². The second kappa shape index (κ2) is 6.68. The molecule has 4 nitrogen and oxygen atoms in total. The highest BCUT2D eigenvalue weighted by atomic mass is 79.9. The molecule has 0 amide bonds. The van der Waals surface area contributed by atoms with E-state index in [1.54, 1.807) is 18.2 Å². The van der Waals surface area contributed by atoms with Crippen molar-refractivity contribution in [1.82, 2.24) is 0 Å². The van der Waals surface area contributed by atoms with Crippen LogP contribution in [0.3, 0.4) is 0 Å². The average molecular weight is 391 g/mol. The Kier molecular flexibility index (Phi) is 5.13. The van der Waals surface area contributed by atoms with Crippen LogP contribution >= 0.6 is 27.5 Å². The van der Waals surface area contributed by atoms with Crippen LogP contribution in [0.15, 0.2) is 51.8 Å². The molecule has 0 bridgehead atoms. The molecule has 0 saturated carbocycles. The quantitative estimate of drug-likeness (QED) is 0.793. The Morgan fingerprint density at radius 3 is 2.48 bits per heavy atom. The van der Waals surface area contributed by atoms with E-state index in [-0.39, 0.29) is 22.9 Å². The molecule has 7 heteroatoms. The first-order valence-electron chi connectivity index (χ1n) is 6.04. The average Bonchev–Trinajstić information content (AvgIpc) is 2.43. The third-order valence-corrected chi connectivity index (χ3v) is 5.24. The van der Waals surface area contributed by atoms with Crippen LogP contribution in [0, 0.1) is 0 Å². The van der Waals surface area contributed by atoms with Gasteiger partial charge in [0.2, 0.25) is 0 Å². The van der Waals surface area contributed by atoms with Gasteiger partial charge in [-0.1, -0.05) is 27.5 Å². The number of halogens is 2. The SMILES string of the molecule is Nc1ccc(Cl)cc1S(=O)(=O)CCOc1ccc(Br)cc1.